The van der Waals surface area contributed by atoms with Crippen LogP contribution in [0, 0.1) is 5.92 Å². The molecule has 2 rings (SSSR count). The van der Waals surface area contributed by atoms with Crippen molar-refractivity contribution >= 4 is 22.8 Å². The van der Waals surface area contributed by atoms with Crippen molar-refractivity contribution < 1.29 is 19.1 Å². The molecule has 19 heavy (non-hydrogen) atoms. The molecule has 0 aliphatic carbocycles. The van der Waals surface area contributed by atoms with Crippen LogP contribution >= 0.6 is 0 Å². The molecule has 0 saturated carbocycles. The Balaban J connectivity index is 2.13. The van der Waals surface area contributed by atoms with Gasteiger partial charge in [-0.05, 0) is 26.0 Å². The van der Waals surface area contributed by atoms with Gasteiger partial charge in [-0.25, -0.2) is 0 Å². The molecule has 1 aromatic heterocycles. The van der Waals surface area contributed by atoms with E-state index in [1.54, 1.807) is 26.0 Å². The van der Waals surface area contributed by atoms with E-state index in [4.69, 9.17) is 9.52 Å². The maximum atomic E-state index is 12.0. The van der Waals surface area contributed by atoms with Crippen LogP contribution in [0.3, 0.4) is 0 Å². The molecular weight excluding hydrogens is 246 g/mol. The molecule has 0 saturated heterocycles. The summed E-state index contributed by atoms with van der Waals surface area (Å²) >= 11 is 0. The molecule has 2 aromatic rings. The van der Waals surface area contributed by atoms with Gasteiger partial charge < -0.3 is 14.8 Å². The number of carboxylic acids is 1. The number of carbonyl (C=O) groups is 2. The second-order valence-electron chi connectivity index (χ2n) is 4.54. The Hall–Kier alpha value is -2.30. The zero-order valence-electron chi connectivity index (χ0n) is 10.7. The van der Waals surface area contributed by atoms with Crippen LogP contribution < -0.4 is 5.32 Å². The molecule has 1 amide bonds. The Morgan fingerprint density at radius 2 is 1.95 bits per heavy atom. The standard InChI is InChI=1S/C14H15NO4/c1-8(14(17)18)9(2)15-13(16)12-7-10-5-3-4-6-11(10)19-12/h3-9H,1-2H3,(H,15,16)(H,17,18). The molecule has 0 aliphatic heterocycles. The first-order valence-corrected chi connectivity index (χ1v) is 6.01. The lowest BCUT2D eigenvalue weighted by Crippen LogP contribution is -2.39. The summed E-state index contributed by atoms with van der Waals surface area (Å²) in [6.07, 6.45) is 0. The molecule has 2 unspecified atom stereocenters. The molecule has 5 heteroatoms. The lowest BCUT2D eigenvalue weighted by atomic mass is 10.0. The van der Waals surface area contributed by atoms with Crippen LogP contribution in [-0.2, 0) is 4.79 Å². The van der Waals surface area contributed by atoms with Crippen molar-refractivity contribution in [3.05, 3.63) is 36.1 Å². The summed E-state index contributed by atoms with van der Waals surface area (Å²) in [5, 5.41) is 12.3. The minimum atomic E-state index is -0.947. The quantitative estimate of drug-likeness (QED) is 0.884. The second-order valence-corrected chi connectivity index (χ2v) is 4.54. The van der Waals surface area contributed by atoms with E-state index in [0.717, 1.165) is 5.39 Å². The Morgan fingerprint density at radius 1 is 1.26 bits per heavy atom. The predicted octanol–water partition coefficient (Wildman–Crippen LogP) is 2.27. The van der Waals surface area contributed by atoms with Gasteiger partial charge in [0.05, 0.1) is 5.92 Å². The highest BCUT2D eigenvalue weighted by Crippen LogP contribution is 2.18. The van der Waals surface area contributed by atoms with Crippen LogP contribution in [0.5, 0.6) is 0 Å². The maximum Gasteiger partial charge on any atom is 0.308 e. The summed E-state index contributed by atoms with van der Waals surface area (Å²) in [6.45, 7) is 3.20. The fourth-order valence-corrected chi connectivity index (χ4v) is 1.71. The Morgan fingerprint density at radius 3 is 2.58 bits per heavy atom. The number of hydrogen-bond acceptors (Lipinski definition) is 3. The molecular formula is C14H15NO4. The van der Waals surface area contributed by atoms with Crippen molar-refractivity contribution in [2.45, 2.75) is 19.9 Å². The third-order valence-corrected chi connectivity index (χ3v) is 3.15. The minimum absolute atomic E-state index is 0.186. The normalized spacial score (nSPS) is 14.0. The summed E-state index contributed by atoms with van der Waals surface area (Å²) in [4.78, 5) is 22.8. The highest BCUT2D eigenvalue weighted by Gasteiger charge is 2.22. The van der Waals surface area contributed by atoms with Gasteiger partial charge in [-0.15, -0.1) is 0 Å². The van der Waals surface area contributed by atoms with Gasteiger partial charge in [0.15, 0.2) is 5.76 Å². The number of furan rings is 1. The van der Waals surface area contributed by atoms with Crippen molar-refractivity contribution in [2.24, 2.45) is 5.92 Å². The lowest BCUT2D eigenvalue weighted by Gasteiger charge is -2.16. The fraction of sp³-hybridized carbons (Fsp3) is 0.286. The third kappa shape index (κ3) is 2.76. The van der Waals surface area contributed by atoms with E-state index in [2.05, 4.69) is 5.32 Å². The molecule has 2 atom stereocenters. The number of nitrogens with one attached hydrogen (secondary N) is 1. The highest BCUT2D eigenvalue weighted by atomic mass is 16.4. The van der Waals surface area contributed by atoms with E-state index in [1.165, 1.54) is 0 Å². The SMILES string of the molecule is CC(NC(=O)c1cc2ccccc2o1)C(C)C(=O)O. The number of carboxylic acid groups (broad SMARTS) is 1. The number of fused-ring (bicyclic) bond motifs is 1. The number of rotatable bonds is 4. The first-order valence-electron chi connectivity index (χ1n) is 6.01. The monoisotopic (exact) mass is 261 g/mol. The number of aliphatic carboxylic acids is 1. The molecule has 100 valence electrons. The number of amides is 1. The summed E-state index contributed by atoms with van der Waals surface area (Å²) < 4.78 is 5.41. The van der Waals surface area contributed by atoms with E-state index in [9.17, 15) is 9.59 Å². The zero-order valence-corrected chi connectivity index (χ0v) is 10.7. The van der Waals surface area contributed by atoms with Crippen molar-refractivity contribution in [3.63, 3.8) is 0 Å². The van der Waals surface area contributed by atoms with Crippen LogP contribution in [0.15, 0.2) is 34.7 Å². The summed E-state index contributed by atoms with van der Waals surface area (Å²) in [5.74, 6) is -1.83. The van der Waals surface area contributed by atoms with Crippen LogP contribution in [-0.4, -0.2) is 23.0 Å². The van der Waals surface area contributed by atoms with Crippen LogP contribution in [0.2, 0.25) is 0 Å². The van der Waals surface area contributed by atoms with Crippen molar-refractivity contribution in [2.75, 3.05) is 0 Å². The lowest BCUT2D eigenvalue weighted by molar-refractivity contribution is -0.141. The average Bonchev–Trinajstić information content (AvgIpc) is 2.81. The van der Waals surface area contributed by atoms with Gasteiger partial charge in [0.25, 0.3) is 5.91 Å². The van der Waals surface area contributed by atoms with Gasteiger partial charge in [0, 0.05) is 11.4 Å². The topological polar surface area (TPSA) is 79.5 Å². The third-order valence-electron chi connectivity index (χ3n) is 3.15. The van der Waals surface area contributed by atoms with Crippen LogP contribution in [0.4, 0.5) is 0 Å². The molecule has 2 N–H and O–H groups in total. The van der Waals surface area contributed by atoms with Gasteiger partial charge >= 0.3 is 5.97 Å². The predicted molar refractivity (Wildman–Crippen MR) is 69.9 cm³/mol. The molecule has 0 fully saturated rings. The van der Waals surface area contributed by atoms with E-state index in [0.29, 0.717) is 5.58 Å². The van der Waals surface area contributed by atoms with Crippen molar-refractivity contribution in [1.29, 1.82) is 0 Å². The highest BCUT2D eigenvalue weighted by molar-refractivity contribution is 5.96. The van der Waals surface area contributed by atoms with Gasteiger partial charge in [-0.1, -0.05) is 18.2 Å². The zero-order chi connectivity index (χ0) is 14.0. The average molecular weight is 261 g/mol. The largest absolute Gasteiger partial charge is 0.481 e. The Labute approximate surface area is 110 Å². The molecule has 0 radical (unpaired) electrons. The molecule has 0 spiro atoms. The van der Waals surface area contributed by atoms with Crippen LogP contribution in [0.25, 0.3) is 11.0 Å². The molecule has 1 aromatic carbocycles. The van der Waals surface area contributed by atoms with Gasteiger partial charge in [0.1, 0.15) is 5.58 Å². The van der Waals surface area contributed by atoms with Crippen LogP contribution in [0.1, 0.15) is 24.4 Å². The Kier molecular flexibility index (Phi) is 3.55. The molecule has 5 nitrogen and oxygen atoms in total. The van der Waals surface area contributed by atoms with Crippen molar-refractivity contribution in [1.82, 2.24) is 5.32 Å². The second kappa shape index (κ2) is 5.14. The van der Waals surface area contributed by atoms with Gasteiger partial charge in [0.2, 0.25) is 0 Å². The molecule has 0 bridgehead atoms. The van der Waals surface area contributed by atoms with E-state index in [-0.39, 0.29) is 5.76 Å². The summed E-state index contributed by atoms with van der Waals surface area (Å²) in [6, 6.07) is 8.47. The van der Waals surface area contributed by atoms with Gasteiger partial charge in [-0.2, -0.15) is 0 Å². The first kappa shape index (κ1) is 13.1. The van der Waals surface area contributed by atoms with Crippen molar-refractivity contribution in [3.8, 4) is 0 Å². The smallest absolute Gasteiger partial charge is 0.308 e. The van der Waals surface area contributed by atoms with E-state index < -0.39 is 23.8 Å². The van der Waals surface area contributed by atoms with E-state index in [1.807, 2.05) is 18.2 Å². The van der Waals surface area contributed by atoms with E-state index >= 15 is 0 Å². The number of benzene rings is 1. The molecule has 1 heterocycles. The summed E-state index contributed by atoms with van der Waals surface area (Å²) in [5.41, 5.74) is 0.631. The fourth-order valence-electron chi connectivity index (χ4n) is 1.71. The molecule has 0 aliphatic rings. The minimum Gasteiger partial charge on any atom is -0.481 e. The summed E-state index contributed by atoms with van der Waals surface area (Å²) in [7, 11) is 0. The number of para-hydroxylation sites is 1. The maximum absolute atomic E-state index is 12.0. The number of carbonyl (C=O) groups excluding carboxylic acids is 1. The first-order chi connectivity index (χ1) is 8.99. The van der Waals surface area contributed by atoms with Gasteiger partial charge in [-0.3, -0.25) is 9.59 Å². The Bertz CT molecular complexity index is 584. The number of hydrogen-bond donors (Lipinski definition) is 2.